The van der Waals surface area contributed by atoms with Crippen LogP contribution in [0.1, 0.15) is 68.2 Å². The molecule has 1 aromatic rings. The first-order chi connectivity index (χ1) is 10.5. The quantitative estimate of drug-likeness (QED) is 0.631. The molecule has 2 unspecified atom stereocenters. The average Bonchev–Trinajstić information content (AvgIpc) is 2.46. The fourth-order valence-corrected chi connectivity index (χ4v) is 3.17. The van der Waals surface area contributed by atoms with E-state index in [0.29, 0.717) is 11.8 Å². The summed E-state index contributed by atoms with van der Waals surface area (Å²) in [6, 6.07) is 8.08. The minimum absolute atomic E-state index is 0.216. The lowest BCUT2D eigenvalue weighted by molar-refractivity contribution is -0.113. The van der Waals surface area contributed by atoms with E-state index >= 15 is 0 Å². The molecule has 0 aliphatic heterocycles. The van der Waals surface area contributed by atoms with Gasteiger partial charge in [0.1, 0.15) is 11.2 Å². The fourth-order valence-electron chi connectivity index (χ4n) is 3.17. The maximum atomic E-state index is 6.51. The Morgan fingerprint density at radius 1 is 1.04 bits per heavy atom. The van der Waals surface area contributed by atoms with E-state index in [-0.39, 0.29) is 16.6 Å². The summed E-state index contributed by atoms with van der Waals surface area (Å²) in [5.74, 6) is 2.81. The second-order valence-electron chi connectivity index (χ2n) is 8.78. The van der Waals surface area contributed by atoms with Crippen molar-refractivity contribution in [3.8, 4) is 11.5 Å². The topological polar surface area (TPSA) is 18.5 Å². The maximum Gasteiger partial charge on any atom is 0.162 e. The molecular weight excluding hydrogens is 284 g/mol. The van der Waals surface area contributed by atoms with E-state index in [1.807, 2.05) is 24.3 Å². The van der Waals surface area contributed by atoms with Gasteiger partial charge in [-0.15, -0.1) is 0 Å². The molecule has 0 aromatic heterocycles. The van der Waals surface area contributed by atoms with Crippen molar-refractivity contribution < 1.29 is 9.47 Å². The van der Waals surface area contributed by atoms with Crippen molar-refractivity contribution in [1.82, 2.24) is 0 Å². The highest BCUT2D eigenvalue weighted by Crippen LogP contribution is 2.55. The van der Waals surface area contributed by atoms with Crippen molar-refractivity contribution in [2.75, 3.05) is 0 Å². The van der Waals surface area contributed by atoms with Crippen LogP contribution in [-0.2, 0) is 0 Å². The monoisotopic (exact) mass is 318 g/mol. The smallest absolute Gasteiger partial charge is 0.162 e. The molecular formula is C21H34O2. The molecule has 1 aliphatic rings. The molecule has 0 saturated heterocycles. The van der Waals surface area contributed by atoms with E-state index in [0.717, 1.165) is 11.5 Å². The second-order valence-corrected chi connectivity index (χ2v) is 8.78. The van der Waals surface area contributed by atoms with Gasteiger partial charge in [0.25, 0.3) is 0 Å². The van der Waals surface area contributed by atoms with Gasteiger partial charge in [0.15, 0.2) is 11.5 Å². The van der Waals surface area contributed by atoms with Crippen LogP contribution in [0.3, 0.4) is 0 Å². The highest BCUT2D eigenvalue weighted by atomic mass is 16.5. The number of hydrogen-bond acceptors (Lipinski definition) is 2. The number of ether oxygens (including phenoxy) is 2. The van der Waals surface area contributed by atoms with E-state index in [9.17, 15) is 0 Å². The molecule has 0 N–H and O–H groups in total. The first-order valence-corrected chi connectivity index (χ1v) is 8.97. The summed E-state index contributed by atoms with van der Waals surface area (Å²) in [7, 11) is 0. The summed E-state index contributed by atoms with van der Waals surface area (Å²) in [4.78, 5) is 0. The Bertz CT molecular complexity index is 545. The van der Waals surface area contributed by atoms with Gasteiger partial charge >= 0.3 is 0 Å². The summed E-state index contributed by atoms with van der Waals surface area (Å²) >= 11 is 0. The van der Waals surface area contributed by atoms with Gasteiger partial charge in [0.2, 0.25) is 0 Å². The van der Waals surface area contributed by atoms with E-state index < -0.39 is 0 Å². The molecule has 0 radical (unpaired) electrons. The molecule has 2 heteroatoms. The van der Waals surface area contributed by atoms with Crippen LogP contribution in [-0.4, -0.2) is 11.2 Å². The lowest BCUT2D eigenvalue weighted by Crippen LogP contribution is -2.55. The van der Waals surface area contributed by atoms with E-state index in [2.05, 4.69) is 55.4 Å². The Hall–Kier alpha value is -1.18. The second kappa shape index (κ2) is 6.03. The summed E-state index contributed by atoms with van der Waals surface area (Å²) in [6.07, 6.45) is 2.52. The Balaban J connectivity index is 2.24. The largest absolute Gasteiger partial charge is 0.484 e. The molecule has 1 aromatic carbocycles. The average molecular weight is 319 g/mol. The van der Waals surface area contributed by atoms with E-state index in [1.165, 1.54) is 12.8 Å². The highest BCUT2D eigenvalue weighted by Gasteiger charge is 2.52. The molecule has 130 valence electrons. The lowest BCUT2D eigenvalue weighted by atomic mass is 9.54. The lowest BCUT2D eigenvalue weighted by Gasteiger charge is -2.55. The van der Waals surface area contributed by atoms with Gasteiger partial charge in [-0.2, -0.15) is 0 Å². The first kappa shape index (κ1) is 18.2. The zero-order valence-corrected chi connectivity index (χ0v) is 16.2. The molecule has 2 rings (SSSR count). The Morgan fingerprint density at radius 3 is 1.96 bits per heavy atom. The van der Waals surface area contributed by atoms with Gasteiger partial charge in [-0.25, -0.2) is 0 Å². The van der Waals surface area contributed by atoms with Crippen LogP contribution >= 0.6 is 0 Å². The Kier molecular flexibility index (Phi) is 4.76. The van der Waals surface area contributed by atoms with Gasteiger partial charge in [-0.1, -0.05) is 39.8 Å². The van der Waals surface area contributed by atoms with Crippen molar-refractivity contribution in [1.29, 1.82) is 0 Å². The van der Waals surface area contributed by atoms with Crippen LogP contribution in [0, 0.1) is 17.3 Å². The zero-order valence-electron chi connectivity index (χ0n) is 16.2. The van der Waals surface area contributed by atoms with Crippen LogP contribution in [0.25, 0.3) is 0 Å². The predicted octanol–water partition coefficient (Wildman–Crippen LogP) is 6.09. The molecule has 23 heavy (non-hydrogen) atoms. The van der Waals surface area contributed by atoms with E-state index in [4.69, 9.17) is 9.47 Å². The number of benzene rings is 1. The van der Waals surface area contributed by atoms with Gasteiger partial charge in [0.05, 0.1) is 0 Å². The molecule has 1 saturated carbocycles. The SMILES string of the molecule is CC(C)C(C)(C)Oc1ccccc1OC(C)(C)C1(C)CCC1C. The third kappa shape index (κ3) is 3.36. The van der Waals surface area contributed by atoms with Crippen LogP contribution < -0.4 is 9.47 Å². The van der Waals surface area contributed by atoms with Crippen LogP contribution in [0.2, 0.25) is 0 Å². The van der Waals surface area contributed by atoms with Crippen LogP contribution in [0.4, 0.5) is 0 Å². The van der Waals surface area contributed by atoms with Crippen molar-refractivity contribution in [3.05, 3.63) is 24.3 Å². The zero-order chi connectivity index (χ0) is 17.5. The molecule has 0 spiro atoms. The molecule has 0 bridgehead atoms. The summed E-state index contributed by atoms with van der Waals surface area (Å²) in [5.41, 5.74) is -0.225. The molecule has 1 fully saturated rings. The summed E-state index contributed by atoms with van der Waals surface area (Å²) < 4.78 is 12.8. The number of para-hydroxylation sites is 2. The van der Waals surface area contributed by atoms with Gasteiger partial charge in [-0.05, 0) is 64.5 Å². The van der Waals surface area contributed by atoms with Crippen LogP contribution in [0.15, 0.2) is 24.3 Å². The maximum absolute atomic E-state index is 6.51. The fraction of sp³-hybridized carbons (Fsp3) is 0.714. The Labute approximate surface area is 142 Å². The molecule has 2 nitrogen and oxygen atoms in total. The minimum atomic E-state index is -0.225. The minimum Gasteiger partial charge on any atom is -0.484 e. The van der Waals surface area contributed by atoms with Crippen molar-refractivity contribution in [2.24, 2.45) is 17.3 Å². The predicted molar refractivity (Wildman–Crippen MR) is 97.2 cm³/mol. The highest BCUT2D eigenvalue weighted by molar-refractivity contribution is 5.40. The third-order valence-electron chi connectivity index (χ3n) is 6.54. The molecule has 0 heterocycles. The number of rotatable bonds is 6. The standard InChI is InChI=1S/C21H34O2/c1-15(2)19(4,5)22-17-11-9-10-12-18(17)23-20(6,7)21(8)14-13-16(21)3/h9-12,15-16H,13-14H2,1-8H3. The van der Waals surface area contributed by atoms with Crippen molar-refractivity contribution in [2.45, 2.75) is 79.4 Å². The number of hydrogen-bond donors (Lipinski definition) is 0. The molecule has 1 aliphatic carbocycles. The molecule has 2 atom stereocenters. The van der Waals surface area contributed by atoms with Gasteiger partial charge in [0, 0.05) is 5.41 Å². The van der Waals surface area contributed by atoms with Gasteiger partial charge < -0.3 is 9.47 Å². The van der Waals surface area contributed by atoms with Crippen molar-refractivity contribution >= 4 is 0 Å². The Morgan fingerprint density at radius 2 is 1.57 bits per heavy atom. The summed E-state index contributed by atoms with van der Waals surface area (Å²) in [5, 5.41) is 0. The third-order valence-corrected chi connectivity index (χ3v) is 6.54. The first-order valence-electron chi connectivity index (χ1n) is 8.97. The summed E-state index contributed by atoms with van der Waals surface area (Å²) in [6.45, 7) is 17.8. The normalized spacial score (nSPS) is 25.2. The molecule has 0 amide bonds. The van der Waals surface area contributed by atoms with Crippen molar-refractivity contribution in [3.63, 3.8) is 0 Å². The van der Waals surface area contributed by atoms with E-state index in [1.54, 1.807) is 0 Å². The van der Waals surface area contributed by atoms with Gasteiger partial charge in [-0.3, -0.25) is 0 Å². The van der Waals surface area contributed by atoms with Crippen LogP contribution in [0.5, 0.6) is 11.5 Å².